The molecule has 8 nitrogen and oxygen atoms in total. The standard InChI is InChI=1S/C25H26ClN7O/c1-34-18-4-2-3-15-13-25(21(27)19(15)18)6-10-32(11-7-25)24-17-14-31-23(33(17)12-9-30-24)16-5-8-29-22(28)20(16)26/h2-5,8-9,12,14,21H,6-7,10-11,13,27H2,1H3,(H2,28,29)/t21-/m1/s1. The number of nitrogen functional groups attached to an aromatic ring is 1. The zero-order chi connectivity index (χ0) is 23.4. The van der Waals surface area contributed by atoms with Crippen LogP contribution in [0.4, 0.5) is 11.6 Å². The van der Waals surface area contributed by atoms with Gasteiger partial charge in [0.25, 0.3) is 0 Å². The zero-order valence-corrected chi connectivity index (χ0v) is 19.7. The van der Waals surface area contributed by atoms with Crippen molar-refractivity contribution in [2.45, 2.75) is 25.3 Å². The van der Waals surface area contributed by atoms with Gasteiger partial charge in [0.05, 0.1) is 18.3 Å². The van der Waals surface area contributed by atoms with E-state index < -0.39 is 0 Å². The Bertz CT molecular complexity index is 1390. The predicted octanol–water partition coefficient (Wildman–Crippen LogP) is 3.88. The van der Waals surface area contributed by atoms with Crippen LogP contribution < -0.4 is 21.1 Å². The molecule has 6 rings (SSSR count). The number of benzene rings is 1. The lowest BCUT2D eigenvalue weighted by atomic mass is 9.73. The minimum Gasteiger partial charge on any atom is -0.496 e. The van der Waals surface area contributed by atoms with Crippen LogP contribution in [0.1, 0.15) is 30.0 Å². The summed E-state index contributed by atoms with van der Waals surface area (Å²) >= 11 is 6.43. The van der Waals surface area contributed by atoms with Crippen LogP contribution >= 0.6 is 11.6 Å². The Morgan fingerprint density at radius 2 is 1.94 bits per heavy atom. The molecule has 4 aromatic rings. The maximum Gasteiger partial charge on any atom is 0.154 e. The summed E-state index contributed by atoms with van der Waals surface area (Å²) in [5.74, 6) is 2.82. The van der Waals surface area contributed by atoms with Crippen LogP contribution in [0.25, 0.3) is 16.9 Å². The molecule has 9 heteroatoms. The van der Waals surface area contributed by atoms with Crippen molar-refractivity contribution in [1.82, 2.24) is 19.4 Å². The molecule has 1 aromatic carbocycles. The van der Waals surface area contributed by atoms with Crippen molar-refractivity contribution in [2.24, 2.45) is 11.1 Å². The number of methoxy groups -OCH3 is 1. The molecule has 4 heterocycles. The summed E-state index contributed by atoms with van der Waals surface area (Å²) in [5.41, 5.74) is 17.0. The van der Waals surface area contributed by atoms with E-state index in [1.54, 1.807) is 19.5 Å². The normalized spacial score (nSPS) is 19.0. The van der Waals surface area contributed by atoms with Crippen LogP contribution in [-0.2, 0) is 6.42 Å². The molecule has 0 unspecified atom stereocenters. The largest absolute Gasteiger partial charge is 0.496 e. The number of ether oxygens (including phenoxy) is 1. The van der Waals surface area contributed by atoms with Gasteiger partial charge in [-0.05, 0) is 42.4 Å². The second-order valence-corrected chi connectivity index (χ2v) is 9.56. The van der Waals surface area contributed by atoms with Crippen molar-refractivity contribution in [1.29, 1.82) is 0 Å². The Morgan fingerprint density at radius 1 is 1.12 bits per heavy atom. The van der Waals surface area contributed by atoms with E-state index in [1.165, 1.54) is 11.1 Å². The van der Waals surface area contributed by atoms with E-state index in [-0.39, 0.29) is 17.3 Å². The SMILES string of the molecule is COc1cccc2c1[C@@H](N)C1(CCN(c3nccn4c(-c5ccnc(N)c5Cl)ncc34)CC1)C2. The van der Waals surface area contributed by atoms with E-state index in [4.69, 9.17) is 32.8 Å². The highest BCUT2D eigenvalue weighted by Gasteiger charge is 2.47. The average molecular weight is 476 g/mol. The van der Waals surface area contributed by atoms with Crippen LogP contribution in [0, 0.1) is 5.41 Å². The molecule has 1 saturated heterocycles. The number of aromatic nitrogens is 4. The number of nitrogens with two attached hydrogens (primary N) is 2. The Hall–Kier alpha value is -3.36. The van der Waals surface area contributed by atoms with Crippen LogP contribution in [0.2, 0.25) is 5.02 Å². The van der Waals surface area contributed by atoms with Crippen molar-refractivity contribution in [3.8, 4) is 17.1 Å². The third-order valence-corrected chi connectivity index (χ3v) is 7.94. The Balaban J connectivity index is 1.30. The highest BCUT2D eigenvalue weighted by molar-refractivity contribution is 6.35. The monoisotopic (exact) mass is 475 g/mol. The van der Waals surface area contributed by atoms with Gasteiger partial charge in [-0.25, -0.2) is 15.0 Å². The second kappa shape index (κ2) is 7.85. The summed E-state index contributed by atoms with van der Waals surface area (Å²) in [4.78, 5) is 15.8. The van der Waals surface area contributed by atoms with Gasteiger partial charge in [-0.1, -0.05) is 23.7 Å². The highest BCUT2D eigenvalue weighted by atomic mass is 35.5. The molecule has 0 amide bonds. The lowest BCUT2D eigenvalue weighted by molar-refractivity contribution is 0.186. The highest BCUT2D eigenvalue weighted by Crippen LogP contribution is 2.53. The zero-order valence-electron chi connectivity index (χ0n) is 18.9. The Morgan fingerprint density at radius 3 is 2.74 bits per heavy atom. The Kier molecular flexibility index (Phi) is 4.89. The van der Waals surface area contributed by atoms with Gasteiger partial charge in [-0.3, -0.25) is 4.40 Å². The molecule has 1 atom stereocenters. The molecule has 1 spiro atoms. The van der Waals surface area contributed by atoms with Gasteiger partial charge in [0.1, 0.15) is 22.9 Å². The number of pyridine rings is 1. The van der Waals surface area contributed by atoms with Gasteiger partial charge in [0.2, 0.25) is 0 Å². The molecular weight excluding hydrogens is 450 g/mol. The molecule has 3 aromatic heterocycles. The number of piperidine rings is 1. The van der Waals surface area contributed by atoms with Crippen molar-refractivity contribution in [2.75, 3.05) is 30.8 Å². The molecular formula is C25H26ClN7O. The third-order valence-electron chi connectivity index (χ3n) is 7.54. The molecule has 4 N–H and O–H groups in total. The van der Waals surface area contributed by atoms with Gasteiger partial charge < -0.3 is 21.1 Å². The molecule has 1 aliphatic carbocycles. The first-order valence-corrected chi connectivity index (χ1v) is 11.8. The van der Waals surface area contributed by atoms with Crippen LogP contribution in [-0.4, -0.2) is 39.6 Å². The van der Waals surface area contributed by atoms with Crippen molar-refractivity contribution >= 4 is 28.8 Å². The van der Waals surface area contributed by atoms with Gasteiger partial charge in [0, 0.05) is 48.8 Å². The number of nitrogens with zero attached hydrogens (tertiary/aromatic N) is 5. The fraction of sp³-hybridized carbons (Fsp3) is 0.320. The van der Waals surface area contributed by atoms with Gasteiger partial charge in [-0.2, -0.15) is 0 Å². The molecule has 34 heavy (non-hydrogen) atoms. The third kappa shape index (κ3) is 3.05. The van der Waals surface area contributed by atoms with E-state index in [1.807, 2.05) is 28.9 Å². The summed E-state index contributed by atoms with van der Waals surface area (Å²) in [6.45, 7) is 1.75. The summed E-state index contributed by atoms with van der Waals surface area (Å²) in [7, 11) is 1.72. The summed E-state index contributed by atoms with van der Waals surface area (Å²) < 4.78 is 7.63. The maximum atomic E-state index is 6.85. The molecule has 174 valence electrons. The summed E-state index contributed by atoms with van der Waals surface area (Å²) in [6, 6.07) is 8.06. The van der Waals surface area contributed by atoms with Gasteiger partial charge in [0.15, 0.2) is 5.82 Å². The molecule has 0 radical (unpaired) electrons. The number of rotatable bonds is 3. The molecule has 0 saturated carbocycles. The second-order valence-electron chi connectivity index (χ2n) is 9.18. The maximum absolute atomic E-state index is 6.85. The smallest absolute Gasteiger partial charge is 0.154 e. The molecule has 0 bridgehead atoms. The van der Waals surface area contributed by atoms with E-state index in [0.29, 0.717) is 10.8 Å². The lowest BCUT2D eigenvalue weighted by Gasteiger charge is -2.42. The number of imidazole rings is 1. The number of anilines is 2. The quantitative estimate of drug-likeness (QED) is 0.463. The molecule has 1 fully saturated rings. The first kappa shape index (κ1) is 21.2. The molecule has 1 aliphatic heterocycles. The number of fused-ring (bicyclic) bond motifs is 2. The predicted molar refractivity (Wildman–Crippen MR) is 133 cm³/mol. The first-order chi connectivity index (χ1) is 16.5. The van der Waals surface area contributed by atoms with E-state index in [9.17, 15) is 0 Å². The molecule has 2 aliphatic rings. The van der Waals surface area contributed by atoms with Crippen molar-refractivity contribution < 1.29 is 4.74 Å². The van der Waals surface area contributed by atoms with Crippen LogP contribution in [0.5, 0.6) is 5.75 Å². The van der Waals surface area contributed by atoms with E-state index >= 15 is 0 Å². The first-order valence-electron chi connectivity index (χ1n) is 11.4. The number of hydrogen-bond donors (Lipinski definition) is 2. The average Bonchev–Trinajstić information content (AvgIpc) is 3.41. The van der Waals surface area contributed by atoms with E-state index in [2.05, 4.69) is 27.0 Å². The number of hydrogen-bond acceptors (Lipinski definition) is 7. The number of halogens is 1. The fourth-order valence-corrected chi connectivity index (χ4v) is 5.91. The van der Waals surface area contributed by atoms with Crippen LogP contribution in [0.3, 0.4) is 0 Å². The fourth-order valence-electron chi connectivity index (χ4n) is 5.71. The summed E-state index contributed by atoms with van der Waals surface area (Å²) in [5, 5.41) is 0.401. The minimum absolute atomic E-state index is 0.0228. The van der Waals surface area contributed by atoms with Gasteiger partial charge in [-0.15, -0.1) is 0 Å². The lowest BCUT2D eigenvalue weighted by Crippen LogP contribution is -2.44. The topological polar surface area (TPSA) is 108 Å². The van der Waals surface area contributed by atoms with Crippen molar-refractivity contribution in [3.63, 3.8) is 0 Å². The van der Waals surface area contributed by atoms with Crippen molar-refractivity contribution in [3.05, 3.63) is 65.2 Å². The van der Waals surface area contributed by atoms with E-state index in [0.717, 1.165) is 55.0 Å². The Labute approximate surface area is 202 Å². The van der Waals surface area contributed by atoms with Crippen LogP contribution in [0.15, 0.2) is 49.1 Å². The summed E-state index contributed by atoms with van der Waals surface area (Å²) in [6.07, 6.45) is 10.2. The van der Waals surface area contributed by atoms with Gasteiger partial charge >= 0.3 is 0 Å². The minimum atomic E-state index is -0.0228.